The van der Waals surface area contributed by atoms with Gasteiger partial charge in [0.2, 0.25) is 0 Å². The van der Waals surface area contributed by atoms with Crippen LogP contribution in [0.25, 0.3) is 28.3 Å². The zero-order valence-corrected chi connectivity index (χ0v) is 20.9. The molecule has 192 valence electrons. The molecule has 5 heterocycles. The fourth-order valence-corrected chi connectivity index (χ4v) is 5.16. The highest BCUT2D eigenvalue weighted by Gasteiger charge is 2.27. The number of nitrogens with zero attached hydrogens (tertiary/aromatic N) is 8. The van der Waals surface area contributed by atoms with Gasteiger partial charge in [-0.15, -0.1) is 0 Å². The predicted molar refractivity (Wildman–Crippen MR) is 136 cm³/mol. The van der Waals surface area contributed by atoms with Crippen LogP contribution in [0.2, 0.25) is 0 Å². The number of fused-ring (bicyclic) bond motifs is 1. The third-order valence-electron chi connectivity index (χ3n) is 7.28. The molecule has 1 amide bonds. The topological polar surface area (TPSA) is 105 Å². The molecule has 0 radical (unpaired) electrons. The third kappa shape index (κ3) is 4.33. The number of carbonyl (C=O) groups excluding carboxylic acids is 1. The average Bonchev–Trinajstić information content (AvgIpc) is 3.42. The van der Waals surface area contributed by atoms with Gasteiger partial charge in [0.05, 0.1) is 23.7 Å². The fraction of sp³-hybridized carbons (Fsp3) is 0.423. The molecule has 0 bridgehead atoms. The van der Waals surface area contributed by atoms with E-state index < -0.39 is 5.82 Å². The fourth-order valence-electron chi connectivity index (χ4n) is 5.16. The van der Waals surface area contributed by atoms with Crippen molar-refractivity contribution in [2.45, 2.75) is 44.8 Å². The molecule has 2 saturated heterocycles. The summed E-state index contributed by atoms with van der Waals surface area (Å²) in [5.74, 6) is -0.546. The smallest absolute Gasteiger partial charge is 0.272 e. The minimum atomic E-state index is -0.418. The second-order valence-electron chi connectivity index (χ2n) is 9.97. The average molecular weight is 505 g/mol. The Bertz CT molecular complexity index is 1470. The minimum Gasteiger partial charge on any atom is -0.389 e. The Labute approximate surface area is 213 Å². The van der Waals surface area contributed by atoms with E-state index in [9.17, 15) is 9.90 Å². The van der Waals surface area contributed by atoms with E-state index in [1.165, 1.54) is 10.9 Å². The molecule has 10 nitrogen and oxygen atoms in total. The summed E-state index contributed by atoms with van der Waals surface area (Å²) in [7, 11) is 1.72. The molecule has 0 saturated carbocycles. The Morgan fingerprint density at radius 3 is 2.65 bits per heavy atom. The van der Waals surface area contributed by atoms with Gasteiger partial charge in [0.25, 0.3) is 5.91 Å². The normalized spacial score (nSPS) is 18.8. The number of rotatable bonds is 4. The summed E-state index contributed by atoms with van der Waals surface area (Å²) in [5.41, 5.74) is 3.27. The first-order valence-corrected chi connectivity index (χ1v) is 12.7. The number of aliphatic hydroxyl groups is 1. The molecule has 37 heavy (non-hydrogen) atoms. The van der Waals surface area contributed by atoms with E-state index >= 15 is 4.39 Å². The van der Waals surface area contributed by atoms with Crippen LogP contribution in [0, 0.1) is 5.82 Å². The first kappa shape index (κ1) is 23.5. The molecule has 1 atom stereocenters. The Morgan fingerprint density at radius 1 is 1.08 bits per heavy atom. The lowest BCUT2D eigenvalue weighted by Crippen LogP contribution is -2.50. The van der Waals surface area contributed by atoms with E-state index in [1.807, 2.05) is 15.9 Å². The number of benzene rings is 1. The summed E-state index contributed by atoms with van der Waals surface area (Å²) in [6.45, 7) is 3.76. The number of likely N-dealkylation sites (tertiary alicyclic amines) is 1. The van der Waals surface area contributed by atoms with Gasteiger partial charge in [-0.25, -0.2) is 13.9 Å². The molecule has 11 heteroatoms. The lowest BCUT2D eigenvalue weighted by atomic mass is 10.1. The number of hydrogen-bond acceptors (Lipinski definition) is 7. The number of hydrogen-bond donors (Lipinski definition) is 1. The van der Waals surface area contributed by atoms with Crippen LogP contribution >= 0.6 is 0 Å². The molecule has 1 N–H and O–H groups in total. The van der Waals surface area contributed by atoms with Crippen LogP contribution in [-0.2, 0) is 7.05 Å². The van der Waals surface area contributed by atoms with Crippen molar-refractivity contribution in [3.05, 3.63) is 48.0 Å². The van der Waals surface area contributed by atoms with Gasteiger partial charge in [0.1, 0.15) is 17.2 Å². The first-order chi connectivity index (χ1) is 17.9. The molecular weight excluding hydrogens is 475 g/mol. The van der Waals surface area contributed by atoms with Crippen LogP contribution in [0.4, 0.5) is 10.1 Å². The number of aliphatic hydroxyl groups excluding tert-OH is 1. The van der Waals surface area contributed by atoms with Crippen LogP contribution in [0.3, 0.4) is 0 Å². The van der Waals surface area contributed by atoms with Gasteiger partial charge in [-0.05, 0) is 44.0 Å². The van der Waals surface area contributed by atoms with Gasteiger partial charge in [-0.3, -0.25) is 4.79 Å². The molecule has 2 aliphatic rings. The third-order valence-corrected chi connectivity index (χ3v) is 7.28. The molecular formula is C26H29FN8O2. The van der Waals surface area contributed by atoms with Crippen molar-refractivity contribution < 1.29 is 14.3 Å². The monoisotopic (exact) mass is 504 g/mol. The van der Waals surface area contributed by atoms with E-state index in [0.29, 0.717) is 59.3 Å². The number of aryl methyl sites for hydroxylation is 1. The van der Waals surface area contributed by atoms with E-state index in [4.69, 9.17) is 0 Å². The molecule has 0 unspecified atom stereocenters. The minimum absolute atomic E-state index is 0.128. The maximum Gasteiger partial charge on any atom is 0.272 e. The highest BCUT2D eigenvalue weighted by molar-refractivity contribution is 5.94. The summed E-state index contributed by atoms with van der Waals surface area (Å²) in [6.07, 6.45) is 5.39. The highest BCUT2D eigenvalue weighted by atomic mass is 19.1. The van der Waals surface area contributed by atoms with Crippen molar-refractivity contribution in [1.82, 2.24) is 34.5 Å². The van der Waals surface area contributed by atoms with Gasteiger partial charge in [0.15, 0.2) is 5.65 Å². The SMILES string of the molecule is C[C@@H]1CCCCCN1C(=O)c1cc(-c2cnn(C)n2)n2nc(-c3ccc(N4CC(O)C4)cc3F)cc2n1. The summed E-state index contributed by atoms with van der Waals surface area (Å²) >= 11 is 0. The summed E-state index contributed by atoms with van der Waals surface area (Å²) in [6, 6.07) is 8.48. The van der Waals surface area contributed by atoms with Crippen molar-refractivity contribution in [2.24, 2.45) is 7.05 Å². The zero-order valence-electron chi connectivity index (χ0n) is 20.9. The zero-order chi connectivity index (χ0) is 25.7. The summed E-state index contributed by atoms with van der Waals surface area (Å²) in [5, 5.41) is 22.8. The maximum absolute atomic E-state index is 15.2. The summed E-state index contributed by atoms with van der Waals surface area (Å²) < 4.78 is 16.8. The van der Waals surface area contributed by atoms with Crippen molar-refractivity contribution in [2.75, 3.05) is 24.5 Å². The Kier molecular flexibility index (Phi) is 5.86. The molecule has 0 spiro atoms. The Balaban J connectivity index is 1.42. The van der Waals surface area contributed by atoms with Gasteiger partial charge in [-0.1, -0.05) is 12.8 Å². The number of amides is 1. The number of β-amino-alcohol motifs (C(OH)–C–C–N with tert-alkyl or cyclic N) is 1. The molecule has 2 fully saturated rings. The molecule has 3 aromatic heterocycles. The molecule has 1 aromatic carbocycles. The van der Waals surface area contributed by atoms with Crippen LogP contribution in [0.15, 0.2) is 36.5 Å². The molecule has 0 aliphatic carbocycles. The van der Waals surface area contributed by atoms with E-state index in [0.717, 1.165) is 25.7 Å². The van der Waals surface area contributed by atoms with Crippen LogP contribution < -0.4 is 4.90 Å². The highest BCUT2D eigenvalue weighted by Crippen LogP contribution is 2.30. The van der Waals surface area contributed by atoms with E-state index in [2.05, 4.69) is 27.2 Å². The largest absolute Gasteiger partial charge is 0.389 e. The van der Waals surface area contributed by atoms with E-state index in [1.54, 1.807) is 36.0 Å². The lowest BCUT2D eigenvalue weighted by Gasteiger charge is -2.37. The molecule has 6 rings (SSSR count). The van der Waals surface area contributed by atoms with Crippen LogP contribution in [-0.4, -0.2) is 77.3 Å². The van der Waals surface area contributed by atoms with Gasteiger partial charge in [0, 0.05) is 50.0 Å². The van der Waals surface area contributed by atoms with Crippen molar-refractivity contribution in [3.63, 3.8) is 0 Å². The predicted octanol–water partition coefficient (Wildman–Crippen LogP) is 2.92. The van der Waals surface area contributed by atoms with Crippen LogP contribution in [0.1, 0.15) is 43.1 Å². The molecule has 4 aromatic rings. The standard InChI is InChI=1S/C26H29FN8O2/c1-16-6-4-3-5-9-34(16)26(37)22-11-24(23-13-28-32(2)30-23)35-25(29-22)12-21(31-35)19-8-7-17(10-20(19)27)33-14-18(36)15-33/h7-8,10-13,16,18,36H,3-6,9,14-15H2,1-2H3/t16-/m1/s1. The lowest BCUT2D eigenvalue weighted by molar-refractivity contribution is 0.0692. The second-order valence-corrected chi connectivity index (χ2v) is 9.97. The quantitative estimate of drug-likeness (QED) is 0.456. The number of halogens is 1. The maximum atomic E-state index is 15.2. The van der Waals surface area contributed by atoms with Gasteiger partial charge in [-0.2, -0.15) is 20.1 Å². The van der Waals surface area contributed by atoms with Crippen molar-refractivity contribution in [1.29, 1.82) is 0 Å². The Morgan fingerprint density at radius 2 is 1.92 bits per heavy atom. The van der Waals surface area contributed by atoms with Crippen LogP contribution in [0.5, 0.6) is 0 Å². The number of aromatic nitrogens is 6. The van der Waals surface area contributed by atoms with Gasteiger partial charge < -0.3 is 14.9 Å². The Hall–Kier alpha value is -3.86. The molecule has 2 aliphatic heterocycles. The second kappa shape index (κ2) is 9.22. The van der Waals surface area contributed by atoms with E-state index in [-0.39, 0.29) is 18.1 Å². The first-order valence-electron chi connectivity index (χ1n) is 12.7. The van der Waals surface area contributed by atoms with Crippen molar-refractivity contribution in [3.8, 4) is 22.6 Å². The summed E-state index contributed by atoms with van der Waals surface area (Å²) in [4.78, 5) is 23.5. The van der Waals surface area contributed by atoms with Crippen molar-refractivity contribution >= 4 is 17.2 Å². The number of carbonyl (C=O) groups is 1. The number of anilines is 1. The van der Waals surface area contributed by atoms with Gasteiger partial charge >= 0.3 is 0 Å².